The van der Waals surface area contributed by atoms with Crippen LogP contribution >= 0.6 is 0 Å². The van der Waals surface area contributed by atoms with E-state index in [1.54, 1.807) is 42.8 Å². The number of nitrogens with one attached hydrogen (secondary N) is 1. The fourth-order valence-corrected chi connectivity index (χ4v) is 2.67. The van der Waals surface area contributed by atoms with Gasteiger partial charge in [0.1, 0.15) is 0 Å². The monoisotopic (exact) mass is 394 g/mol. The largest absolute Gasteiger partial charge is 0.366 e. The number of hydrazone groups is 1. The molecule has 2 aromatic rings. The number of amides is 1. The van der Waals surface area contributed by atoms with E-state index in [9.17, 15) is 4.79 Å². The van der Waals surface area contributed by atoms with Crippen LogP contribution in [0.1, 0.15) is 11.3 Å². The normalized spacial score (nSPS) is 14.5. The summed E-state index contributed by atoms with van der Waals surface area (Å²) in [7, 11) is 0. The summed E-state index contributed by atoms with van der Waals surface area (Å²) in [6, 6.07) is 10.1. The van der Waals surface area contributed by atoms with Crippen LogP contribution in [0.5, 0.6) is 0 Å². The maximum atomic E-state index is 11.6. The number of primary amides is 1. The van der Waals surface area contributed by atoms with E-state index in [0.29, 0.717) is 5.57 Å². The highest BCUT2D eigenvalue weighted by Gasteiger charge is 2.02. The summed E-state index contributed by atoms with van der Waals surface area (Å²) in [6.45, 7) is 0. The Hall–Kier alpha value is -4.25. The molecule has 1 aliphatic rings. The molecule has 0 atom stereocenters. The van der Waals surface area contributed by atoms with E-state index in [1.807, 2.05) is 66.8 Å². The molecule has 148 valence electrons. The summed E-state index contributed by atoms with van der Waals surface area (Å²) < 4.78 is 0. The molecule has 1 aliphatic heterocycles. The van der Waals surface area contributed by atoms with Crippen LogP contribution in [0.3, 0.4) is 0 Å². The maximum Gasteiger partial charge on any atom is 0.248 e. The van der Waals surface area contributed by atoms with Gasteiger partial charge in [-0.2, -0.15) is 5.10 Å². The van der Waals surface area contributed by atoms with Gasteiger partial charge in [-0.15, -0.1) is 0 Å². The van der Waals surface area contributed by atoms with E-state index in [1.165, 1.54) is 0 Å². The van der Waals surface area contributed by atoms with E-state index in [4.69, 9.17) is 10.7 Å². The topological polar surface area (TPSA) is 80.4 Å². The Morgan fingerprint density at radius 3 is 2.53 bits per heavy atom. The smallest absolute Gasteiger partial charge is 0.248 e. The molecule has 1 aromatic heterocycles. The highest BCUT2D eigenvalue weighted by atomic mass is 16.1. The molecule has 3 N–H and O–H groups in total. The van der Waals surface area contributed by atoms with Gasteiger partial charge in [0.15, 0.2) is 0 Å². The Kier molecular flexibility index (Phi) is 7.46. The third-order valence-electron chi connectivity index (χ3n) is 4.11. The molecule has 0 radical (unpaired) electrons. The number of nitrogens with zero attached hydrogens (tertiary/aromatic N) is 2. The number of aromatic nitrogens is 1. The third kappa shape index (κ3) is 6.14. The summed E-state index contributed by atoms with van der Waals surface area (Å²) in [6.07, 6.45) is 25.2. The SMILES string of the molecule is NC(=O)C1=CC=CNN=CC=CC=CC=Cc2cc3ccccc3nc2C=CC=C1. The predicted molar refractivity (Wildman–Crippen MR) is 125 cm³/mol. The van der Waals surface area contributed by atoms with Gasteiger partial charge in [-0.1, -0.05) is 60.7 Å². The van der Waals surface area contributed by atoms with Crippen molar-refractivity contribution in [1.29, 1.82) is 0 Å². The van der Waals surface area contributed by atoms with Crippen LogP contribution in [-0.4, -0.2) is 17.1 Å². The number of rotatable bonds is 1. The van der Waals surface area contributed by atoms with E-state index in [0.717, 1.165) is 22.2 Å². The Morgan fingerprint density at radius 2 is 1.63 bits per heavy atom. The molecule has 0 aliphatic carbocycles. The summed E-state index contributed by atoms with van der Waals surface area (Å²) in [5.41, 5.74) is 11.3. The summed E-state index contributed by atoms with van der Waals surface area (Å²) >= 11 is 0. The molecule has 0 unspecified atom stereocenters. The van der Waals surface area contributed by atoms with Crippen molar-refractivity contribution in [3.8, 4) is 0 Å². The summed E-state index contributed by atoms with van der Waals surface area (Å²) in [4.78, 5) is 16.4. The molecule has 5 heteroatoms. The zero-order chi connectivity index (χ0) is 21.0. The number of pyridine rings is 1. The van der Waals surface area contributed by atoms with E-state index in [2.05, 4.69) is 16.6 Å². The zero-order valence-electron chi connectivity index (χ0n) is 16.3. The van der Waals surface area contributed by atoms with Crippen LogP contribution in [0, 0.1) is 0 Å². The average molecular weight is 394 g/mol. The first-order valence-electron chi connectivity index (χ1n) is 9.44. The maximum absolute atomic E-state index is 11.6. The van der Waals surface area contributed by atoms with Gasteiger partial charge in [0.2, 0.25) is 5.91 Å². The van der Waals surface area contributed by atoms with Gasteiger partial charge in [0, 0.05) is 28.9 Å². The van der Waals surface area contributed by atoms with Crippen molar-refractivity contribution in [3.05, 3.63) is 114 Å². The van der Waals surface area contributed by atoms with Crippen molar-refractivity contribution in [1.82, 2.24) is 10.4 Å². The van der Waals surface area contributed by atoms with Gasteiger partial charge < -0.3 is 5.73 Å². The number of nitrogens with two attached hydrogens (primary N) is 1. The first kappa shape index (κ1) is 20.5. The van der Waals surface area contributed by atoms with Crippen molar-refractivity contribution >= 4 is 35.2 Å². The van der Waals surface area contributed by atoms with E-state index >= 15 is 0 Å². The lowest BCUT2D eigenvalue weighted by Gasteiger charge is -2.04. The minimum absolute atomic E-state index is 0.371. The Labute approximate surface area is 175 Å². The zero-order valence-corrected chi connectivity index (χ0v) is 16.3. The van der Waals surface area contributed by atoms with E-state index in [-0.39, 0.29) is 0 Å². The van der Waals surface area contributed by atoms with Crippen LogP contribution in [0.15, 0.2) is 108 Å². The predicted octanol–water partition coefficient (Wildman–Crippen LogP) is 4.44. The quantitative estimate of drug-likeness (QED) is 0.750. The standard InChI is InChI=1S/C25H22N4O/c26-25(30)20-11-5-7-15-23-21(19-22-13-6-8-16-24(22)29-23)12-4-2-1-3-9-17-27-28-18-10-14-20/h1-19,28H,(H2,26,30). The van der Waals surface area contributed by atoms with Gasteiger partial charge in [-0.3, -0.25) is 10.2 Å². The molecule has 0 bridgehead atoms. The fraction of sp³-hybridized carbons (Fsp3) is 0. The number of hydrogen-bond donors (Lipinski definition) is 2. The molecule has 1 aromatic carbocycles. The highest BCUT2D eigenvalue weighted by Crippen LogP contribution is 2.19. The van der Waals surface area contributed by atoms with Gasteiger partial charge >= 0.3 is 0 Å². The second-order valence-corrected chi connectivity index (χ2v) is 6.26. The molecule has 0 saturated heterocycles. The number of allylic oxidation sites excluding steroid dienone is 9. The van der Waals surface area contributed by atoms with Crippen molar-refractivity contribution in [3.63, 3.8) is 0 Å². The van der Waals surface area contributed by atoms with Crippen molar-refractivity contribution in [2.75, 3.05) is 0 Å². The second-order valence-electron chi connectivity index (χ2n) is 6.26. The molecule has 2 heterocycles. The number of carbonyl (C=O) groups excluding carboxylic acids is 1. The highest BCUT2D eigenvalue weighted by molar-refractivity contribution is 5.95. The van der Waals surface area contributed by atoms with Crippen molar-refractivity contribution in [2.45, 2.75) is 0 Å². The minimum Gasteiger partial charge on any atom is -0.366 e. The lowest BCUT2D eigenvalue weighted by Crippen LogP contribution is -2.12. The van der Waals surface area contributed by atoms with E-state index < -0.39 is 5.91 Å². The molecule has 5 nitrogen and oxygen atoms in total. The number of fused-ring (bicyclic) bond motifs is 2. The number of hydrogen-bond acceptors (Lipinski definition) is 4. The number of carbonyl (C=O) groups is 1. The molecular weight excluding hydrogens is 372 g/mol. The Morgan fingerprint density at radius 1 is 0.867 bits per heavy atom. The van der Waals surface area contributed by atoms with Crippen LogP contribution in [0.4, 0.5) is 0 Å². The van der Waals surface area contributed by atoms with Crippen LogP contribution < -0.4 is 11.2 Å². The van der Waals surface area contributed by atoms with Gasteiger partial charge in [0.05, 0.1) is 11.2 Å². The minimum atomic E-state index is -0.514. The number of benzene rings is 1. The van der Waals surface area contributed by atoms with Crippen LogP contribution in [0.2, 0.25) is 0 Å². The lowest BCUT2D eigenvalue weighted by molar-refractivity contribution is -0.114. The first-order valence-corrected chi connectivity index (χ1v) is 9.44. The average Bonchev–Trinajstić information content (AvgIpc) is 2.75. The molecule has 0 spiro atoms. The van der Waals surface area contributed by atoms with Gasteiger partial charge in [-0.05, 0) is 42.5 Å². The number of para-hydroxylation sites is 1. The van der Waals surface area contributed by atoms with Gasteiger partial charge in [0.25, 0.3) is 0 Å². The molecule has 3 rings (SSSR count). The fourth-order valence-electron chi connectivity index (χ4n) is 2.67. The Balaban J connectivity index is 2.00. The molecular formula is C25H22N4O. The van der Waals surface area contributed by atoms with Crippen molar-refractivity contribution in [2.24, 2.45) is 10.8 Å². The molecule has 1 amide bonds. The van der Waals surface area contributed by atoms with Crippen LogP contribution in [0.25, 0.3) is 23.1 Å². The molecule has 0 fully saturated rings. The van der Waals surface area contributed by atoms with Crippen LogP contribution in [-0.2, 0) is 4.79 Å². The molecule has 0 saturated carbocycles. The lowest BCUT2D eigenvalue weighted by atomic mass is 10.1. The third-order valence-corrected chi connectivity index (χ3v) is 4.11. The Bertz CT molecular complexity index is 1140. The molecule has 30 heavy (non-hydrogen) atoms. The van der Waals surface area contributed by atoms with Gasteiger partial charge in [-0.25, -0.2) is 4.98 Å². The summed E-state index contributed by atoms with van der Waals surface area (Å²) in [5, 5.41) is 5.07. The first-order chi connectivity index (χ1) is 14.7. The second kappa shape index (κ2) is 10.9. The van der Waals surface area contributed by atoms with Crippen molar-refractivity contribution < 1.29 is 4.79 Å². The summed E-state index contributed by atoms with van der Waals surface area (Å²) in [5.74, 6) is -0.514.